The van der Waals surface area contributed by atoms with Crippen LogP contribution in [0.1, 0.15) is 218 Å². The smallest absolute Gasteiger partial charge is 0.130 e. The van der Waals surface area contributed by atoms with Gasteiger partial charge in [0.05, 0.1) is 22.6 Å². The molecule has 0 spiro atoms. The summed E-state index contributed by atoms with van der Waals surface area (Å²) in [5.74, 6) is 5.49. The topological polar surface area (TPSA) is 164 Å². The lowest BCUT2D eigenvalue weighted by atomic mass is 10.1. The molecule has 0 aliphatic heterocycles. The number of nitrogens with zero attached hydrogens (tertiary/aromatic N) is 12. The number of thiazole rings is 1. The molecule has 0 N–H and O–H groups in total. The van der Waals surface area contributed by atoms with E-state index in [1.165, 1.54) is 22.6 Å². The van der Waals surface area contributed by atoms with Crippen LogP contribution in [0, 0.1) is 43.4 Å². The zero-order valence-electron chi connectivity index (χ0n) is 48.9. The van der Waals surface area contributed by atoms with Gasteiger partial charge in [-0.05, 0) is 111 Å². The number of rotatable bonds is 14. The van der Waals surface area contributed by atoms with Crippen molar-refractivity contribution in [2.24, 2.45) is 46.9 Å². The van der Waals surface area contributed by atoms with E-state index in [0.29, 0.717) is 42.1 Å². The first-order valence-electron chi connectivity index (χ1n) is 25.8. The zero-order chi connectivity index (χ0) is 55.6. The van der Waals surface area contributed by atoms with Crippen LogP contribution >= 0.6 is 11.3 Å². The van der Waals surface area contributed by atoms with Gasteiger partial charge >= 0.3 is 0 Å². The molecule has 0 unspecified atom stereocenters. The van der Waals surface area contributed by atoms with Crippen LogP contribution in [0.25, 0.3) is 0 Å². The number of aromatic nitrogens is 10. The molecule has 446 valence electrons. The Morgan fingerprint density at radius 1 is 0.577 bits per heavy atom. The van der Waals surface area contributed by atoms with Gasteiger partial charge in [-0.15, -0.1) is 11.3 Å². The minimum atomic E-state index is 0. The van der Waals surface area contributed by atoms with Gasteiger partial charge in [-0.2, -0.15) is 5.10 Å². The maximum absolute atomic E-state index is 4.71. The number of oxime groups is 2. The Morgan fingerprint density at radius 2 is 1.13 bits per heavy atom. The molecule has 14 nitrogen and oxygen atoms in total. The van der Waals surface area contributed by atoms with E-state index in [4.69, 9.17) is 4.84 Å². The van der Waals surface area contributed by atoms with E-state index in [9.17, 15) is 0 Å². The molecule has 0 bridgehead atoms. The normalized spacial score (nSPS) is 9.86. The van der Waals surface area contributed by atoms with Gasteiger partial charge in [0, 0.05) is 91.7 Å². The van der Waals surface area contributed by atoms with Gasteiger partial charge in [0.25, 0.3) is 0 Å². The summed E-state index contributed by atoms with van der Waals surface area (Å²) in [5, 5.41) is 13.4. The van der Waals surface area contributed by atoms with E-state index < -0.39 is 0 Å². The largest absolute Gasteiger partial charge is 0.399 e. The van der Waals surface area contributed by atoms with Crippen LogP contribution in [0.2, 0.25) is 0 Å². The monoisotopic (exact) mass is 1100 g/mol. The quantitative estimate of drug-likeness (QED) is 0.0753. The van der Waals surface area contributed by atoms with Crippen molar-refractivity contribution >= 4 is 23.8 Å². The molecule has 0 aliphatic carbocycles. The molecule has 6 aromatic heterocycles. The summed E-state index contributed by atoms with van der Waals surface area (Å²) >= 11 is 1.67. The summed E-state index contributed by atoms with van der Waals surface area (Å²) in [6, 6.07) is 8.12. The van der Waals surface area contributed by atoms with E-state index in [1.54, 1.807) is 43.4 Å². The number of hydrogen-bond donors (Lipinski definition) is 0. The van der Waals surface area contributed by atoms with Crippen LogP contribution in [-0.2, 0) is 36.0 Å². The molecule has 0 amide bonds. The first-order chi connectivity index (χ1) is 34.5. The molecule has 0 aromatic carbocycles. The van der Waals surface area contributed by atoms with Gasteiger partial charge in [0.2, 0.25) is 0 Å². The molecule has 15 heteroatoms. The fourth-order valence-electron chi connectivity index (χ4n) is 5.15. The Labute approximate surface area is 483 Å². The minimum Gasteiger partial charge on any atom is -0.399 e. The molecule has 0 aliphatic rings. The summed E-state index contributed by atoms with van der Waals surface area (Å²) in [7, 11) is 3.52. The second-order valence-electron chi connectivity index (χ2n) is 20.0. The van der Waals surface area contributed by atoms with E-state index in [1.807, 2.05) is 107 Å². The van der Waals surface area contributed by atoms with Crippen LogP contribution in [0.4, 0.5) is 0 Å². The molecule has 0 saturated carbocycles. The van der Waals surface area contributed by atoms with Gasteiger partial charge in [-0.1, -0.05) is 164 Å². The van der Waals surface area contributed by atoms with E-state index in [0.717, 1.165) is 53.9 Å². The molecule has 0 radical (unpaired) electrons. The lowest BCUT2D eigenvalue weighted by molar-refractivity contribution is 0.159. The average Bonchev–Trinajstić information content (AvgIpc) is 4.01. The SMILES string of the molecule is C.C.C.C.C.CC(C)Cc1ccccn1.CC(C)Cc1ccnn1C.CC(C)Cc1cscn1.CC(C)c1cncnc1.CCON=CC(C)C.CON=CC(C)C.Cc1cnc(C(C)C)cn1.Cc1cnc(C(C)C)nc1. The first-order valence-corrected chi connectivity index (χ1v) is 26.7. The van der Waals surface area contributed by atoms with Crippen molar-refractivity contribution in [1.82, 2.24) is 49.7 Å². The van der Waals surface area contributed by atoms with E-state index in [2.05, 4.69) is 175 Å². The third kappa shape index (κ3) is 52.2. The van der Waals surface area contributed by atoms with Crippen molar-refractivity contribution in [3.63, 3.8) is 0 Å². The number of pyridine rings is 1. The molecule has 0 fully saturated rings. The molecule has 6 rings (SSSR count). The highest BCUT2D eigenvalue weighted by Crippen LogP contribution is 2.11. The van der Waals surface area contributed by atoms with Gasteiger partial charge in [-0.3, -0.25) is 19.6 Å². The van der Waals surface area contributed by atoms with Crippen LogP contribution in [0.5, 0.6) is 0 Å². The van der Waals surface area contributed by atoms with Crippen molar-refractivity contribution in [1.29, 1.82) is 0 Å². The Morgan fingerprint density at radius 3 is 1.49 bits per heavy atom. The highest BCUT2D eigenvalue weighted by atomic mass is 32.1. The highest BCUT2D eigenvalue weighted by Gasteiger charge is 2.02. The Bertz CT molecular complexity index is 2110. The average molecular weight is 1110 g/mol. The summed E-state index contributed by atoms with van der Waals surface area (Å²) in [6.07, 6.45) is 23.1. The highest BCUT2D eigenvalue weighted by molar-refractivity contribution is 7.07. The van der Waals surface area contributed by atoms with Crippen LogP contribution in [-0.4, -0.2) is 75.8 Å². The summed E-state index contributed by atoms with van der Waals surface area (Å²) in [5.41, 5.74) is 9.97. The van der Waals surface area contributed by atoms with Gasteiger partial charge in [-0.25, -0.2) is 24.9 Å². The van der Waals surface area contributed by atoms with Crippen molar-refractivity contribution in [3.8, 4) is 0 Å². The molecule has 78 heavy (non-hydrogen) atoms. The van der Waals surface area contributed by atoms with Crippen LogP contribution in [0.3, 0.4) is 0 Å². The summed E-state index contributed by atoms with van der Waals surface area (Å²) in [6.45, 7) is 40.6. The molecule has 6 heterocycles. The fraction of sp³-hybridized carbons (Fsp3) is 0.603. The van der Waals surface area contributed by atoms with Gasteiger partial charge in [0.15, 0.2) is 0 Å². The van der Waals surface area contributed by atoms with E-state index in [-0.39, 0.29) is 37.1 Å². The van der Waals surface area contributed by atoms with Gasteiger partial charge < -0.3 is 9.68 Å². The number of hydrogen-bond acceptors (Lipinski definition) is 14. The third-order valence-electron chi connectivity index (χ3n) is 8.97. The zero-order valence-corrected chi connectivity index (χ0v) is 49.7. The van der Waals surface area contributed by atoms with Crippen molar-refractivity contribution in [2.45, 2.75) is 206 Å². The van der Waals surface area contributed by atoms with Gasteiger partial charge in [0.1, 0.15) is 25.9 Å². The minimum absolute atomic E-state index is 0. The van der Waals surface area contributed by atoms with Crippen LogP contribution in [0.15, 0.2) is 101 Å². The fourth-order valence-corrected chi connectivity index (χ4v) is 5.72. The van der Waals surface area contributed by atoms with Crippen molar-refractivity contribution in [3.05, 3.63) is 136 Å². The predicted octanol–water partition coefficient (Wildman–Crippen LogP) is 17.8. The van der Waals surface area contributed by atoms with E-state index >= 15 is 0 Å². The molecular formula is C63H116N12O2S. The molecule has 0 atom stereocenters. The Hall–Kier alpha value is -5.83. The second-order valence-corrected chi connectivity index (χ2v) is 20.7. The van der Waals surface area contributed by atoms with Crippen molar-refractivity contribution < 1.29 is 9.68 Å². The second kappa shape index (κ2) is 54.5. The lowest BCUT2D eigenvalue weighted by Crippen LogP contribution is -2.01. The summed E-state index contributed by atoms with van der Waals surface area (Å²) in [4.78, 5) is 42.0. The lowest BCUT2D eigenvalue weighted by Gasteiger charge is -2.03. The van der Waals surface area contributed by atoms with Crippen molar-refractivity contribution in [2.75, 3.05) is 13.7 Å². The first kappa shape index (κ1) is 86.1. The standard InChI is InChI=1S/C9H13N.2C8H12N2.C8H14N2.C7H10N2.C7H11NS.C6H13NO.C5H11NO.5CH4/c1-8(2)7-9-5-3-4-6-10-9;1-6(2)8-5-9-7(3)4-10-8;1-6(2)8-9-4-7(3)5-10-8;1-7(2)6-8-4-5-9-10(8)3;1-6(2)7-3-8-5-9-4-7;1-6(2)3-7-4-9-5-8-7;1-4-8-7-5-6(2)3;1-5(2)4-6-7-3;;;;;/h3-6,8H,7H2,1-2H3;2*4-6H,1-3H3;4-5,7H,6H2,1-3H3;3-6H,1-2H3;4-6H,3H2,1-2H3;5-6H,4H2,1-3H3;4-5H,1-3H3;5*1H4. The Balaban J connectivity index is -0.000000147. The maximum Gasteiger partial charge on any atom is 0.130 e. The Kier molecular flexibility index (Phi) is 60.2. The maximum atomic E-state index is 4.71. The molecule has 6 aromatic rings. The summed E-state index contributed by atoms with van der Waals surface area (Å²) < 4.78 is 1.93. The van der Waals surface area contributed by atoms with Crippen LogP contribution < -0.4 is 0 Å². The number of aryl methyl sites for hydroxylation is 3. The molecule has 0 saturated heterocycles. The third-order valence-corrected chi connectivity index (χ3v) is 9.60. The molecular weight excluding hydrogens is 989 g/mol. The predicted molar refractivity (Wildman–Crippen MR) is 342 cm³/mol.